The highest BCUT2D eigenvalue weighted by molar-refractivity contribution is 14.1. The molecule has 5 heteroatoms. The second kappa shape index (κ2) is 5.65. The number of hydrogen-bond donors (Lipinski definition) is 2. The van der Waals surface area contributed by atoms with E-state index in [-0.39, 0.29) is 5.91 Å². The van der Waals surface area contributed by atoms with Gasteiger partial charge in [-0.3, -0.25) is 4.79 Å². The number of hydrogen-bond acceptors (Lipinski definition) is 3. The molecule has 1 heterocycles. The molecular formula is C16H13IN2OS. The number of amides is 1. The summed E-state index contributed by atoms with van der Waals surface area (Å²) in [6.45, 7) is 2.03. The number of carbonyl (C=O) groups is 1. The maximum atomic E-state index is 12.4. The Hall–Kier alpha value is -1.60. The van der Waals surface area contributed by atoms with Crippen LogP contribution in [0, 0.1) is 10.5 Å². The molecule has 3 N–H and O–H groups in total. The van der Waals surface area contributed by atoms with E-state index in [4.69, 9.17) is 5.73 Å². The Bertz CT molecular complexity index is 841. The SMILES string of the molecule is Cc1cccc2c(N)c(C(=O)Nc3cccc(I)c3)sc12. The van der Waals surface area contributed by atoms with Gasteiger partial charge in [0.05, 0.1) is 5.69 Å². The van der Waals surface area contributed by atoms with E-state index in [1.54, 1.807) is 0 Å². The van der Waals surface area contributed by atoms with Crippen molar-refractivity contribution in [3.8, 4) is 0 Å². The number of rotatable bonds is 2. The predicted octanol–water partition coefficient (Wildman–Crippen LogP) is 4.65. The summed E-state index contributed by atoms with van der Waals surface area (Å²) in [6.07, 6.45) is 0. The van der Waals surface area contributed by atoms with Gasteiger partial charge in [-0.05, 0) is 53.3 Å². The van der Waals surface area contributed by atoms with Gasteiger partial charge in [0.1, 0.15) is 4.88 Å². The zero-order chi connectivity index (χ0) is 15.0. The Kier molecular flexibility index (Phi) is 3.86. The second-order valence-electron chi connectivity index (χ2n) is 4.76. The standard InChI is InChI=1S/C16H13IN2OS/c1-9-4-2-7-12-13(18)15(21-14(9)12)16(20)19-11-6-3-5-10(17)8-11/h2-8H,18H2,1H3,(H,19,20). The van der Waals surface area contributed by atoms with Crippen LogP contribution in [0.15, 0.2) is 42.5 Å². The van der Waals surface area contributed by atoms with Gasteiger partial charge in [-0.25, -0.2) is 0 Å². The maximum absolute atomic E-state index is 12.4. The lowest BCUT2D eigenvalue weighted by molar-refractivity contribution is 0.103. The monoisotopic (exact) mass is 408 g/mol. The summed E-state index contributed by atoms with van der Waals surface area (Å²) in [5.41, 5.74) is 8.61. The highest BCUT2D eigenvalue weighted by atomic mass is 127. The summed E-state index contributed by atoms with van der Waals surface area (Å²) in [7, 11) is 0. The number of thiophene rings is 1. The molecule has 106 valence electrons. The first-order valence-electron chi connectivity index (χ1n) is 6.41. The normalized spacial score (nSPS) is 10.8. The minimum Gasteiger partial charge on any atom is -0.397 e. The molecule has 0 spiro atoms. The Morgan fingerprint density at radius 3 is 2.71 bits per heavy atom. The van der Waals surface area contributed by atoms with Crippen LogP contribution in [0.25, 0.3) is 10.1 Å². The highest BCUT2D eigenvalue weighted by Crippen LogP contribution is 2.35. The maximum Gasteiger partial charge on any atom is 0.267 e. The van der Waals surface area contributed by atoms with Crippen LogP contribution in [-0.4, -0.2) is 5.91 Å². The van der Waals surface area contributed by atoms with Crippen molar-refractivity contribution < 1.29 is 4.79 Å². The Morgan fingerprint density at radius 2 is 2.00 bits per heavy atom. The molecule has 0 bridgehead atoms. The molecule has 3 rings (SSSR count). The fraction of sp³-hybridized carbons (Fsp3) is 0.0625. The average molecular weight is 408 g/mol. The van der Waals surface area contributed by atoms with E-state index < -0.39 is 0 Å². The van der Waals surface area contributed by atoms with Crippen LogP contribution in [0.5, 0.6) is 0 Å². The molecule has 0 aliphatic heterocycles. The van der Waals surface area contributed by atoms with Gasteiger partial charge in [0.15, 0.2) is 0 Å². The Morgan fingerprint density at radius 1 is 1.24 bits per heavy atom. The summed E-state index contributed by atoms with van der Waals surface area (Å²) in [6, 6.07) is 13.6. The lowest BCUT2D eigenvalue weighted by atomic mass is 10.1. The Labute approximate surface area is 140 Å². The van der Waals surface area contributed by atoms with Crippen molar-refractivity contribution in [1.82, 2.24) is 0 Å². The molecule has 0 unspecified atom stereocenters. The summed E-state index contributed by atoms with van der Waals surface area (Å²) in [5, 5.41) is 3.86. The van der Waals surface area contributed by atoms with Crippen LogP contribution >= 0.6 is 33.9 Å². The van der Waals surface area contributed by atoms with E-state index in [0.717, 1.165) is 24.9 Å². The topological polar surface area (TPSA) is 55.1 Å². The van der Waals surface area contributed by atoms with Crippen LogP contribution in [-0.2, 0) is 0 Å². The largest absolute Gasteiger partial charge is 0.397 e. The number of aryl methyl sites for hydroxylation is 1. The summed E-state index contributed by atoms with van der Waals surface area (Å²) < 4.78 is 2.15. The molecule has 0 saturated heterocycles. The molecule has 0 radical (unpaired) electrons. The van der Waals surface area contributed by atoms with Crippen molar-refractivity contribution in [3.63, 3.8) is 0 Å². The molecule has 21 heavy (non-hydrogen) atoms. The zero-order valence-electron chi connectivity index (χ0n) is 11.3. The van der Waals surface area contributed by atoms with E-state index in [1.807, 2.05) is 49.4 Å². The van der Waals surface area contributed by atoms with Crippen molar-refractivity contribution in [1.29, 1.82) is 0 Å². The van der Waals surface area contributed by atoms with Gasteiger partial charge in [-0.15, -0.1) is 11.3 Å². The number of benzene rings is 2. The fourth-order valence-electron chi connectivity index (χ4n) is 2.20. The van der Waals surface area contributed by atoms with Crippen molar-refractivity contribution in [3.05, 3.63) is 56.5 Å². The van der Waals surface area contributed by atoms with Crippen molar-refractivity contribution in [2.75, 3.05) is 11.1 Å². The third kappa shape index (κ3) is 2.75. The number of halogens is 1. The van der Waals surface area contributed by atoms with Crippen LogP contribution in [0.4, 0.5) is 11.4 Å². The van der Waals surface area contributed by atoms with E-state index in [2.05, 4.69) is 27.9 Å². The molecule has 2 aromatic carbocycles. The molecule has 0 fully saturated rings. The molecule has 1 aromatic heterocycles. The van der Waals surface area contributed by atoms with Gasteiger partial charge >= 0.3 is 0 Å². The van der Waals surface area contributed by atoms with Crippen LogP contribution in [0.1, 0.15) is 15.2 Å². The first-order chi connectivity index (χ1) is 10.1. The smallest absolute Gasteiger partial charge is 0.267 e. The van der Waals surface area contributed by atoms with E-state index in [9.17, 15) is 4.79 Å². The number of fused-ring (bicyclic) bond motifs is 1. The summed E-state index contributed by atoms with van der Waals surface area (Å²) in [5.74, 6) is -0.157. The number of carbonyl (C=O) groups excluding carboxylic acids is 1. The number of nitrogen functional groups attached to an aromatic ring is 1. The second-order valence-corrected chi connectivity index (χ2v) is 7.03. The van der Waals surface area contributed by atoms with E-state index >= 15 is 0 Å². The molecule has 1 amide bonds. The third-order valence-corrected chi connectivity index (χ3v) is 5.27. The van der Waals surface area contributed by atoms with Crippen LogP contribution in [0.3, 0.4) is 0 Å². The summed E-state index contributed by atoms with van der Waals surface area (Å²) in [4.78, 5) is 13.0. The molecule has 0 aliphatic carbocycles. The van der Waals surface area contributed by atoms with E-state index in [0.29, 0.717) is 10.6 Å². The van der Waals surface area contributed by atoms with Gasteiger partial charge in [-0.2, -0.15) is 0 Å². The minimum absolute atomic E-state index is 0.157. The van der Waals surface area contributed by atoms with Gasteiger partial charge in [0.2, 0.25) is 0 Å². The third-order valence-electron chi connectivity index (χ3n) is 3.24. The fourth-order valence-corrected chi connectivity index (χ4v) is 3.83. The zero-order valence-corrected chi connectivity index (χ0v) is 14.3. The van der Waals surface area contributed by atoms with Crippen molar-refractivity contribution in [2.24, 2.45) is 0 Å². The van der Waals surface area contributed by atoms with Crippen molar-refractivity contribution in [2.45, 2.75) is 6.92 Å². The number of anilines is 2. The Balaban J connectivity index is 1.98. The molecule has 0 atom stereocenters. The molecule has 3 aromatic rings. The van der Waals surface area contributed by atoms with Gasteiger partial charge < -0.3 is 11.1 Å². The molecule has 0 aliphatic rings. The minimum atomic E-state index is -0.157. The number of nitrogens with one attached hydrogen (secondary N) is 1. The molecule has 3 nitrogen and oxygen atoms in total. The molecule has 0 saturated carbocycles. The van der Waals surface area contributed by atoms with Crippen LogP contribution < -0.4 is 11.1 Å². The molecular weight excluding hydrogens is 395 g/mol. The lowest BCUT2D eigenvalue weighted by Crippen LogP contribution is -2.11. The van der Waals surface area contributed by atoms with Gasteiger partial charge in [0, 0.05) is 19.3 Å². The van der Waals surface area contributed by atoms with Gasteiger partial charge in [0.25, 0.3) is 5.91 Å². The van der Waals surface area contributed by atoms with Crippen LogP contribution in [0.2, 0.25) is 0 Å². The number of nitrogens with two attached hydrogens (primary N) is 1. The average Bonchev–Trinajstić information content (AvgIpc) is 2.78. The first kappa shape index (κ1) is 14.3. The van der Waals surface area contributed by atoms with Gasteiger partial charge in [-0.1, -0.05) is 24.3 Å². The summed E-state index contributed by atoms with van der Waals surface area (Å²) >= 11 is 3.66. The highest BCUT2D eigenvalue weighted by Gasteiger charge is 2.17. The quantitative estimate of drug-likeness (QED) is 0.607. The lowest BCUT2D eigenvalue weighted by Gasteiger charge is -2.04. The van der Waals surface area contributed by atoms with Crippen molar-refractivity contribution >= 4 is 61.3 Å². The predicted molar refractivity (Wildman–Crippen MR) is 98.1 cm³/mol. The first-order valence-corrected chi connectivity index (χ1v) is 8.30. The van der Waals surface area contributed by atoms with E-state index in [1.165, 1.54) is 11.3 Å².